The van der Waals surface area contributed by atoms with Crippen molar-refractivity contribution in [2.75, 3.05) is 11.9 Å². The van der Waals surface area contributed by atoms with Gasteiger partial charge in [0.05, 0.1) is 11.3 Å². The van der Waals surface area contributed by atoms with Crippen LogP contribution in [0.2, 0.25) is 0 Å². The summed E-state index contributed by atoms with van der Waals surface area (Å²) in [6.45, 7) is -0.120. The van der Waals surface area contributed by atoms with Gasteiger partial charge in [-0.1, -0.05) is 12.1 Å². The van der Waals surface area contributed by atoms with E-state index in [-0.39, 0.29) is 12.2 Å². The minimum absolute atomic E-state index is 0.120. The second kappa shape index (κ2) is 6.29. The van der Waals surface area contributed by atoms with Gasteiger partial charge in [0, 0.05) is 6.20 Å². The van der Waals surface area contributed by atoms with Crippen molar-refractivity contribution in [1.82, 2.24) is 4.98 Å². The number of carbonyl (C=O) groups is 1. The van der Waals surface area contributed by atoms with Gasteiger partial charge in [-0.15, -0.1) is 0 Å². The van der Waals surface area contributed by atoms with E-state index in [9.17, 15) is 9.18 Å². The van der Waals surface area contributed by atoms with Crippen molar-refractivity contribution in [2.24, 2.45) is 0 Å². The molecule has 6 heteroatoms. The van der Waals surface area contributed by atoms with Gasteiger partial charge in [0.1, 0.15) is 11.8 Å². The van der Waals surface area contributed by atoms with Crippen LogP contribution in [0.5, 0.6) is 5.75 Å². The molecule has 2 aromatic rings. The highest BCUT2D eigenvalue weighted by Crippen LogP contribution is 2.24. The normalized spacial score (nSPS) is 9.60. The maximum atomic E-state index is 12.7. The molecular weight excluding hydrogens is 261 g/mol. The number of ether oxygens (including phenoxy) is 1. The monoisotopic (exact) mass is 271 g/mol. The van der Waals surface area contributed by atoms with Gasteiger partial charge in [-0.2, -0.15) is 9.65 Å². The number of anilines is 1. The summed E-state index contributed by atoms with van der Waals surface area (Å²) < 4.78 is 17.9. The number of hydrogen-bond donors (Lipinski definition) is 1. The molecular formula is C14H10FN3O2. The van der Waals surface area contributed by atoms with E-state index in [1.54, 1.807) is 24.3 Å². The third-order valence-corrected chi connectivity index (χ3v) is 2.42. The first kappa shape index (κ1) is 13.5. The molecule has 1 N–H and O–H groups in total. The zero-order valence-electron chi connectivity index (χ0n) is 10.3. The van der Waals surface area contributed by atoms with E-state index >= 15 is 0 Å². The van der Waals surface area contributed by atoms with Gasteiger partial charge in [-0.05, 0) is 24.3 Å². The van der Waals surface area contributed by atoms with Crippen molar-refractivity contribution in [2.45, 2.75) is 0 Å². The van der Waals surface area contributed by atoms with Gasteiger partial charge in [-0.3, -0.25) is 4.79 Å². The Bertz CT molecular complexity index is 650. The Kier molecular flexibility index (Phi) is 4.24. The largest absolute Gasteiger partial charge is 0.477 e. The quantitative estimate of drug-likeness (QED) is 0.866. The molecule has 1 heterocycles. The molecule has 0 saturated heterocycles. The lowest BCUT2D eigenvalue weighted by molar-refractivity contribution is 0.102. The average molecular weight is 271 g/mol. The van der Waals surface area contributed by atoms with Crippen LogP contribution in [0.15, 0.2) is 42.6 Å². The molecule has 0 unspecified atom stereocenters. The molecule has 0 saturated carbocycles. The third-order valence-electron chi connectivity index (χ3n) is 2.42. The number of aromatic nitrogens is 1. The Balaban J connectivity index is 2.15. The summed E-state index contributed by atoms with van der Waals surface area (Å²) in [7, 11) is 0. The van der Waals surface area contributed by atoms with Crippen molar-refractivity contribution < 1.29 is 13.9 Å². The second-order valence-electron chi connectivity index (χ2n) is 3.77. The summed E-state index contributed by atoms with van der Waals surface area (Å²) in [4.78, 5) is 15.4. The van der Waals surface area contributed by atoms with Gasteiger partial charge >= 0.3 is 0 Å². The fourth-order valence-electron chi connectivity index (χ4n) is 1.51. The van der Waals surface area contributed by atoms with Crippen LogP contribution in [0.25, 0.3) is 0 Å². The summed E-state index contributed by atoms with van der Waals surface area (Å²) >= 11 is 0. The van der Waals surface area contributed by atoms with Crippen LogP contribution in [-0.4, -0.2) is 17.5 Å². The molecule has 1 aromatic heterocycles. The molecule has 0 bridgehead atoms. The van der Waals surface area contributed by atoms with Crippen LogP contribution >= 0.6 is 0 Å². The molecule has 1 amide bonds. The van der Waals surface area contributed by atoms with E-state index in [0.29, 0.717) is 11.4 Å². The Labute approximate surface area is 114 Å². The van der Waals surface area contributed by atoms with E-state index in [1.165, 1.54) is 6.07 Å². The summed E-state index contributed by atoms with van der Waals surface area (Å²) in [6.07, 6.45) is 1.14. The van der Waals surface area contributed by atoms with Crippen LogP contribution in [-0.2, 0) is 0 Å². The summed E-state index contributed by atoms with van der Waals surface area (Å²) in [5, 5.41) is 11.1. The number of halogens is 1. The Morgan fingerprint density at radius 1 is 1.35 bits per heavy atom. The number of nitriles is 1. The number of para-hydroxylation sites is 2. The molecule has 0 aliphatic heterocycles. The maximum Gasteiger partial charge on any atom is 0.257 e. The van der Waals surface area contributed by atoms with Crippen LogP contribution in [0, 0.1) is 17.3 Å². The minimum Gasteiger partial charge on any atom is -0.477 e. The molecule has 2 rings (SSSR count). The van der Waals surface area contributed by atoms with Gasteiger partial charge in [0.2, 0.25) is 5.95 Å². The number of amides is 1. The number of rotatable bonds is 4. The van der Waals surface area contributed by atoms with Gasteiger partial charge in [0.25, 0.3) is 5.91 Å². The molecule has 20 heavy (non-hydrogen) atoms. The Morgan fingerprint density at radius 2 is 2.15 bits per heavy atom. The molecule has 1 aromatic carbocycles. The lowest BCUT2D eigenvalue weighted by atomic mass is 10.2. The Morgan fingerprint density at radius 3 is 2.85 bits per heavy atom. The first-order chi connectivity index (χ1) is 9.70. The number of benzene rings is 1. The first-order valence-electron chi connectivity index (χ1n) is 5.72. The van der Waals surface area contributed by atoms with Crippen molar-refractivity contribution in [3.63, 3.8) is 0 Å². The van der Waals surface area contributed by atoms with Crippen molar-refractivity contribution in [3.8, 4) is 11.8 Å². The fourth-order valence-corrected chi connectivity index (χ4v) is 1.51. The lowest BCUT2D eigenvalue weighted by Gasteiger charge is -2.10. The summed E-state index contributed by atoms with van der Waals surface area (Å²) in [5.41, 5.74) is 0.651. The zero-order chi connectivity index (χ0) is 14.4. The first-order valence-corrected chi connectivity index (χ1v) is 5.72. The molecule has 0 fully saturated rings. The van der Waals surface area contributed by atoms with Crippen LogP contribution in [0.3, 0.4) is 0 Å². The number of pyridine rings is 1. The highest BCUT2D eigenvalue weighted by molar-refractivity contribution is 6.04. The molecule has 0 aliphatic carbocycles. The highest BCUT2D eigenvalue weighted by Gasteiger charge is 2.10. The summed E-state index contributed by atoms with van der Waals surface area (Å²) in [6, 6.07) is 11.0. The molecule has 5 nitrogen and oxygen atoms in total. The van der Waals surface area contributed by atoms with E-state index in [1.807, 2.05) is 6.07 Å². The van der Waals surface area contributed by atoms with Crippen molar-refractivity contribution in [1.29, 1.82) is 5.26 Å². The van der Waals surface area contributed by atoms with E-state index in [0.717, 1.165) is 12.3 Å². The molecule has 0 spiro atoms. The highest BCUT2D eigenvalue weighted by atomic mass is 19.1. The Hall–Kier alpha value is -2.94. The fraction of sp³-hybridized carbons (Fsp3) is 0.0714. The molecule has 0 aliphatic rings. The predicted octanol–water partition coefficient (Wildman–Crippen LogP) is 2.38. The number of carbonyl (C=O) groups excluding carboxylic acids is 1. The van der Waals surface area contributed by atoms with E-state index < -0.39 is 11.9 Å². The average Bonchev–Trinajstić information content (AvgIpc) is 2.47. The van der Waals surface area contributed by atoms with Crippen molar-refractivity contribution >= 4 is 11.6 Å². The number of hydrogen-bond acceptors (Lipinski definition) is 4. The van der Waals surface area contributed by atoms with E-state index in [2.05, 4.69) is 10.3 Å². The lowest BCUT2D eigenvalue weighted by Crippen LogP contribution is -2.13. The summed E-state index contributed by atoms with van der Waals surface area (Å²) in [5.74, 6) is -0.706. The smallest absolute Gasteiger partial charge is 0.257 e. The van der Waals surface area contributed by atoms with E-state index in [4.69, 9.17) is 10.00 Å². The second-order valence-corrected chi connectivity index (χ2v) is 3.77. The maximum absolute atomic E-state index is 12.7. The van der Waals surface area contributed by atoms with Crippen LogP contribution in [0.4, 0.5) is 10.1 Å². The standard InChI is InChI=1S/C14H10FN3O2/c15-13-6-5-10(9-17-13)14(19)18-11-3-1-2-4-12(11)20-8-7-16/h1-6,9H,8H2,(H,18,19). The van der Waals surface area contributed by atoms with Gasteiger partial charge in [0.15, 0.2) is 6.61 Å². The SMILES string of the molecule is N#CCOc1ccccc1NC(=O)c1ccc(F)nc1. The minimum atomic E-state index is -0.653. The van der Waals surface area contributed by atoms with Crippen LogP contribution < -0.4 is 10.1 Å². The van der Waals surface area contributed by atoms with Crippen LogP contribution in [0.1, 0.15) is 10.4 Å². The van der Waals surface area contributed by atoms with Crippen molar-refractivity contribution in [3.05, 3.63) is 54.1 Å². The molecule has 0 atom stereocenters. The third kappa shape index (κ3) is 3.29. The molecule has 100 valence electrons. The topological polar surface area (TPSA) is 75.0 Å². The molecule has 0 radical (unpaired) electrons. The number of nitrogens with one attached hydrogen (secondary N) is 1. The van der Waals surface area contributed by atoms with Gasteiger partial charge < -0.3 is 10.1 Å². The van der Waals surface area contributed by atoms with Gasteiger partial charge in [-0.25, -0.2) is 4.98 Å². The zero-order valence-corrected chi connectivity index (χ0v) is 10.3. The predicted molar refractivity (Wildman–Crippen MR) is 69.7 cm³/mol. The number of nitrogens with zero attached hydrogens (tertiary/aromatic N) is 2.